The summed E-state index contributed by atoms with van der Waals surface area (Å²) in [6.45, 7) is 5.05. The molecular weight excluding hydrogens is 949 g/mol. The largest absolute Gasteiger partial charge is 0.344 e. The van der Waals surface area contributed by atoms with Crippen molar-refractivity contribution in [2.75, 3.05) is 0 Å². The van der Waals surface area contributed by atoms with Crippen LogP contribution in [-0.4, -0.2) is 25.3 Å². The lowest BCUT2D eigenvalue weighted by Crippen LogP contribution is -2.72. The molecule has 0 saturated heterocycles. The molecule has 0 unspecified atom stereocenters. The molecule has 14 aromatic rings. The highest BCUT2D eigenvalue weighted by Gasteiger charge is 2.48. The highest BCUT2D eigenvalue weighted by Crippen LogP contribution is 2.46. The van der Waals surface area contributed by atoms with Gasteiger partial charge in [-0.15, -0.1) is 0 Å². The molecule has 0 aliphatic carbocycles. The summed E-state index contributed by atoms with van der Waals surface area (Å²) in [5.41, 5.74) is 18.0. The lowest BCUT2D eigenvalue weighted by atomic mass is 9.91. The van der Waals surface area contributed by atoms with E-state index in [-0.39, 0.29) is 0 Å². The normalized spacial score (nSPS) is 14.0. The lowest BCUT2D eigenvalue weighted by Gasteiger charge is -2.31. The van der Waals surface area contributed by atoms with Crippen LogP contribution >= 0.6 is 0 Å². The third-order valence-corrected chi connectivity index (χ3v) is 26.4. The van der Waals surface area contributed by atoms with Crippen molar-refractivity contribution in [1.29, 1.82) is 0 Å². The van der Waals surface area contributed by atoms with E-state index in [0.717, 1.165) is 0 Å². The maximum Gasteiger partial charge on any atom is 0.180 e. The van der Waals surface area contributed by atoms with E-state index in [9.17, 15) is 0 Å². The Bertz CT molecular complexity index is 4770. The van der Waals surface area contributed by atoms with Crippen molar-refractivity contribution in [3.63, 3.8) is 0 Å². The van der Waals surface area contributed by atoms with Crippen LogP contribution in [0.4, 0.5) is 0 Å². The Labute approximate surface area is 444 Å². The molecule has 4 heterocycles. The zero-order chi connectivity index (χ0) is 50.6. The molecule has 0 bridgehead atoms. The predicted molar refractivity (Wildman–Crippen MR) is 331 cm³/mol. The summed E-state index contributed by atoms with van der Waals surface area (Å²) in [5.74, 6) is 0. The Morgan fingerprint density at radius 1 is 0.276 bits per heavy atom. The van der Waals surface area contributed by atoms with Crippen molar-refractivity contribution in [3.8, 4) is 55.6 Å². The van der Waals surface area contributed by atoms with Gasteiger partial charge in [-0.3, -0.25) is 0 Å². The molecule has 0 saturated carbocycles. The summed E-state index contributed by atoms with van der Waals surface area (Å²) < 4.78 is 4.83. The van der Waals surface area contributed by atoms with Gasteiger partial charge in [0.15, 0.2) is 8.07 Å². The van der Waals surface area contributed by atoms with Gasteiger partial charge < -0.3 is 9.13 Å². The van der Waals surface area contributed by atoms with Gasteiger partial charge in [0.2, 0.25) is 0 Å². The molecule has 2 nitrogen and oxygen atoms in total. The van der Waals surface area contributed by atoms with E-state index >= 15 is 0 Å². The van der Waals surface area contributed by atoms with Crippen LogP contribution in [0.15, 0.2) is 243 Å². The molecule has 2 aliphatic heterocycles. The first-order valence-corrected chi connectivity index (χ1v) is 31.8. The summed E-state index contributed by atoms with van der Waals surface area (Å²) in [7, 11) is -0.134. The van der Waals surface area contributed by atoms with Crippen molar-refractivity contribution < 1.29 is 0 Å². The Kier molecular flexibility index (Phi) is 9.09. The molecule has 4 heteroatoms. The molecule has 2 aliphatic rings. The molecule has 0 atom stereocenters. The molecule has 0 radical (unpaired) electrons. The topological polar surface area (TPSA) is 9.86 Å². The van der Waals surface area contributed by atoms with Gasteiger partial charge in [0.05, 0.1) is 5.52 Å². The summed E-state index contributed by atoms with van der Waals surface area (Å²) in [4.78, 5) is 0. The van der Waals surface area contributed by atoms with E-state index in [2.05, 4.69) is 279 Å². The number of rotatable bonds is 5. The fourth-order valence-electron chi connectivity index (χ4n) is 14.5. The predicted octanol–water partition coefficient (Wildman–Crippen LogP) is 14.4. The van der Waals surface area contributed by atoms with Crippen LogP contribution in [0.2, 0.25) is 13.1 Å². The second-order valence-electron chi connectivity index (χ2n) is 22.0. The third kappa shape index (κ3) is 5.80. The smallest absolute Gasteiger partial charge is 0.180 e. The minimum absolute atomic E-state index is 1.22. The first-order chi connectivity index (χ1) is 37.3. The second-order valence-corrected chi connectivity index (χ2v) is 30.1. The maximum absolute atomic E-state index is 2.69. The van der Waals surface area contributed by atoms with Crippen LogP contribution in [0, 0.1) is 0 Å². The number of aromatic nitrogens is 2. The first kappa shape index (κ1) is 43.6. The van der Waals surface area contributed by atoms with Gasteiger partial charge in [0.1, 0.15) is 8.07 Å². The van der Waals surface area contributed by atoms with E-state index in [0.29, 0.717) is 0 Å². The van der Waals surface area contributed by atoms with Crippen LogP contribution in [0.5, 0.6) is 0 Å². The van der Waals surface area contributed by atoms with Gasteiger partial charge >= 0.3 is 0 Å². The number of hydrogen-bond acceptors (Lipinski definition) is 0. The van der Waals surface area contributed by atoms with Crippen LogP contribution in [0.25, 0.3) is 121 Å². The molecule has 0 N–H and O–H groups in total. The number of aryl methyl sites for hydroxylation is 2. The minimum Gasteiger partial charge on any atom is -0.344 e. The molecule has 0 amide bonds. The van der Waals surface area contributed by atoms with Crippen LogP contribution in [0.1, 0.15) is 0 Å². The molecule has 0 fully saturated rings. The third-order valence-electron chi connectivity index (χ3n) is 18.0. The van der Waals surface area contributed by atoms with E-state index in [4.69, 9.17) is 0 Å². The number of benzene rings is 12. The van der Waals surface area contributed by atoms with E-state index in [1.807, 2.05) is 0 Å². The summed E-state index contributed by atoms with van der Waals surface area (Å²) in [6.07, 6.45) is 0. The summed E-state index contributed by atoms with van der Waals surface area (Å²) in [6, 6.07) is 93.1. The van der Waals surface area contributed by atoms with Gasteiger partial charge in [-0.2, -0.15) is 0 Å². The fourth-order valence-corrected chi connectivity index (χ4v) is 22.8. The van der Waals surface area contributed by atoms with E-state index in [1.54, 1.807) is 0 Å². The van der Waals surface area contributed by atoms with Gasteiger partial charge in [0, 0.05) is 52.2 Å². The van der Waals surface area contributed by atoms with Gasteiger partial charge in [0.25, 0.3) is 0 Å². The van der Waals surface area contributed by atoms with E-state index < -0.39 is 16.1 Å². The SMILES string of the molecule is Cn1c2cccc(-c3ccc4c(c3)[Si](c3ccccc3)(c3ccccc3)c3ccccc3-4)c2c2c3ccc(-c4cc(-c5ccc6c(c5)[Si](C)(C)c5ccccc5-6)c5c6c7ccccc7ccc6n(C)c5c4)cc3ccc21. The molecule has 16 rings (SSSR count). The van der Waals surface area contributed by atoms with Gasteiger partial charge in [-0.05, 0) is 145 Å². The molecule has 76 heavy (non-hydrogen) atoms. The number of nitrogens with zero attached hydrogens (tertiary/aromatic N) is 2. The van der Waals surface area contributed by atoms with E-state index in [1.165, 1.54) is 152 Å². The van der Waals surface area contributed by atoms with Crippen LogP contribution < -0.4 is 31.1 Å². The second kappa shape index (κ2) is 15.9. The molecule has 12 aromatic carbocycles. The summed E-state index contributed by atoms with van der Waals surface area (Å²) >= 11 is 0. The van der Waals surface area contributed by atoms with Crippen molar-refractivity contribution in [1.82, 2.24) is 9.13 Å². The highest BCUT2D eigenvalue weighted by molar-refractivity contribution is 7.22. The fraction of sp³-hybridized carbons (Fsp3) is 0.0556. The van der Waals surface area contributed by atoms with Crippen molar-refractivity contribution >= 4 is 112 Å². The Morgan fingerprint density at radius 3 is 1.53 bits per heavy atom. The number of fused-ring (bicyclic) bond motifs is 16. The van der Waals surface area contributed by atoms with Crippen molar-refractivity contribution in [3.05, 3.63) is 243 Å². The van der Waals surface area contributed by atoms with Crippen LogP contribution in [-0.2, 0) is 14.1 Å². The Morgan fingerprint density at radius 2 is 0.789 bits per heavy atom. The van der Waals surface area contributed by atoms with Crippen LogP contribution in [0.3, 0.4) is 0 Å². The Hall–Kier alpha value is -8.81. The molecule has 2 aromatic heterocycles. The monoisotopic (exact) mass is 1000 g/mol. The average Bonchev–Trinajstić information content (AvgIpc) is 4.29. The molecule has 358 valence electrons. The average molecular weight is 1000 g/mol. The first-order valence-electron chi connectivity index (χ1n) is 26.8. The quantitative estimate of drug-likeness (QED) is 0.152. The van der Waals surface area contributed by atoms with Crippen molar-refractivity contribution in [2.24, 2.45) is 14.1 Å². The minimum atomic E-state index is -2.69. The van der Waals surface area contributed by atoms with Gasteiger partial charge in [-0.1, -0.05) is 219 Å². The van der Waals surface area contributed by atoms with Gasteiger partial charge in [-0.25, -0.2) is 0 Å². The molecule has 0 spiro atoms. The Balaban J connectivity index is 0.902. The highest BCUT2D eigenvalue weighted by atomic mass is 28.3. The lowest BCUT2D eigenvalue weighted by molar-refractivity contribution is 1.01. The molecular formula is C72H52N2Si2. The maximum atomic E-state index is 2.57. The summed E-state index contributed by atoms with van der Waals surface area (Å²) in [5, 5.41) is 19.1. The van der Waals surface area contributed by atoms with Crippen molar-refractivity contribution in [2.45, 2.75) is 13.1 Å². The standard InChI is InChI=1S/C72H52N2Si2/c1-73-61-27-17-26-54(48-31-37-59-57-25-14-16-29-66(57)76(68(59)44-48,51-19-7-5-8-20-51)52-21-9-6-10-22-52)70(61)71-55-35-30-46(40-47(55)34-39-62(71)73)50-41-60(49-32-36-58-56-24-13-15-28-65(56)75(3,4)67(58)43-49)72-64(42-50)74(2)63-38-33-45-18-11-12-23-53(45)69(63)72/h5-44H,1-4H3. The zero-order valence-corrected chi connectivity index (χ0v) is 45.0. The zero-order valence-electron chi connectivity index (χ0n) is 43.0. The number of hydrogen-bond donors (Lipinski definition) is 0.